The Morgan fingerprint density at radius 3 is 2.10 bits per heavy atom. The van der Waals surface area contributed by atoms with E-state index in [2.05, 4.69) is 29.2 Å². The molecule has 0 heterocycles. The van der Waals surface area contributed by atoms with Crippen molar-refractivity contribution in [2.45, 2.75) is 0 Å². The lowest BCUT2D eigenvalue weighted by molar-refractivity contribution is 1.58. The lowest BCUT2D eigenvalue weighted by atomic mass is 10.4. The van der Waals surface area contributed by atoms with Crippen molar-refractivity contribution in [3.8, 4) is 6.57 Å². The first-order valence-corrected chi connectivity index (χ1v) is 3.92. The van der Waals surface area contributed by atoms with E-state index in [4.69, 9.17) is 16.9 Å². The summed E-state index contributed by atoms with van der Waals surface area (Å²) in [6.07, 6.45) is 0. The third-order valence-electron chi connectivity index (χ3n) is 0.824. The van der Waals surface area contributed by atoms with Crippen molar-refractivity contribution < 1.29 is 0 Å². The number of nitriles is 1. The lowest BCUT2D eigenvalue weighted by Gasteiger charge is -1.89. The topological polar surface area (TPSA) is 23.8 Å². The first-order valence-electron chi connectivity index (χ1n) is 2.46. The summed E-state index contributed by atoms with van der Waals surface area (Å²) in [5.41, 5.74) is 0. The molecule has 0 amide bonds. The van der Waals surface area contributed by atoms with Crippen molar-refractivity contribution in [3.63, 3.8) is 0 Å². The Labute approximate surface area is 78.8 Å². The van der Waals surface area contributed by atoms with Crippen LogP contribution in [-0.4, -0.2) is 0 Å². The van der Waals surface area contributed by atoms with Crippen LogP contribution in [-0.2, 0) is 0 Å². The predicted molar refractivity (Wildman–Crippen MR) is 50.8 cm³/mol. The molecular formula is C7H5ClIN. The molecule has 0 bridgehead atoms. The smallest absolute Gasteiger partial charge is 0.0539 e. The maximum atomic E-state index is 6.50. The fourth-order valence-electron chi connectivity index (χ4n) is 0.439. The molecule has 0 N–H and O–H groups in total. The molecule has 0 aliphatic rings. The van der Waals surface area contributed by atoms with Crippen LogP contribution in [0.5, 0.6) is 0 Å². The van der Waals surface area contributed by atoms with Crippen LogP contribution in [0, 0.1) is 15.4 Å². The molecular weight excluding hydrogens is 260 g/mol. The second-order valence-electron chi connectivity index (χ2n) is 1.41. The minimum absolute atomic E-state index is 0.827. The Morgan fingerprint density at radius 2 is 1.80 bits per heavy atom. The summed E-state index contributed by atoms with van der Waals surface area (Å²) in [7, 11) is 0. The van der Waals surface area contributed by atoms with Gasteiger partial charge in [0.2, 0.25) is 0 Å². The Balaban J connectivity index is 0.000000371. The van der Waals surface area contributed by atoms with Crippen molar-refractivity contribution in [2.75, 3.05) is 0 Å². The maximum Gasteiger partial charge on any atom is 0.0539 e. The van der Waals surface area contributed by atoms with Crippen LogP contribution in [0.2, 0.25) is 5.02 Å². The minimum atomic E-state index is 0.827. The molecule has 0 fully saturated rings. The summed E-state index contributed by atoms with van der Waals surface area (Å²) >= 11 is 7.89. The van der Waals surface area contributed by atoms with Gasteiger partial charge in [0.15, 0.2) is 0 Å². The zero-order valence-corrected chi connectivity index (χ0v) is 8.00. The molecule has 0 aliphatic heterocycles. The molecule has 52 valence electrons. The molecule has 0 spiro atoms. The standard InChI is InChI=1S/C6H4ClI.CHN/c7-5-3-1-2-4-6(5)8;1-2/h1-4H;1H. The van der Waals surface area contributed by atoms with Gasteiger partial charge in [0, 0.05) is 10.1 Å². The average Bonchev–Trinajstić information content (AvgIpc) is 2.00. The second kappa shape index (κ2) is 5.51. The summed E-state index contributed by atoms with van der Waals surface area (Å²) in [5.74, 6) is 0. The van der Waals surface area contributed by atoms with Crippen LogP contribution in [0.1, 0.15) is 0 Å². The fraction of sp³-hybridized carbons (Fsp3) is 0. The molecule has 0 unspecified atom stereocenters. The lowest BCUT2D eigenvalue weighted by Crippen LogP contribution is -1.67. The van der Waals surface area contributed by atoms with Crippen LogP contribution in [0.15, 0.2) is 24.3 Å². The van der Waals surface area contributed by atoms with Crippen LogP contribution < -0.4 is 0 Å². The van der Waals surface area contributed by atoms with E-state index in [0.29, 0.717) is 0 Å². The maximum absolute atomic E-state index is 6.50. The van der Waals surface area contributed by atoms with Gasteiger partial charge >= 0.3 is 0 Å². The van der Waals surface area contributed by atoms with Gasteiger partial charge in [-0.2, -0.15) is 0 Å². The van der Waals surface area contributed by atoms with Gasteiger partial charge in [-0.3, -0.25) is 0 Å². The molecule has 0 atom stereocenters. The number of halogens is 2. The van der Waals surface area contributed by atoms with Gasteiger partial charge in [-0.1, -0.05) is 23.7 Å². The summed E-state index contributed by atoms with van der Waals surface area (Å²) in [6.45, 7) is 3.50. The normalized spacial score (nSPS) is 7.60. The second-order valence-corrected chi connectivity index (χ2v) is 2.98. The largest absolute Gasteiger partial charge is 0.202 e. The average molecular weight is 265 g/mol. The van der Waals surface area contributed by atoms with Crippen LogP contribution in [0.25, 0.3) is 0 Å². The third-order valence-corrected chi connectivity index (χ3v) is 2.41. The zero-order valence-electron chi connectivity index (χ0n) is 5.09. The first kappa shape index (κ1) is 9.73. The first-order chi connectivity index (χ1) is 4.80. The summed E-state index contributed by atoms with van der Waals surface area (Å²) in [5, 5.41) is 7.33. The number of hydrogen-bond acceptors (Lipinski definition) is 1. The van der Waals surface area contributed by atoms with Crippen LogP contribution >= 0.6 is 34.2 Å². The van der Waals surface area contributed by atoms with Crippen molar-refractivity contribution in [1.29, 1.82) is 5.26 Å². The van der Waals surface area contributed by atoms with Crippen molar-refractivity contribution in [3.05, 3.63) is 32.9 Å². The number of rotatable bonds is 0. The van der Waals surface area contributed by atoms with E-state index in [1.54, 1.807) is 0 Å². The van der Waals surface area contributed by atoms with Crippen molar-refractivity contribution in [1.82, 2.24) is 0 Å². The fourth-order valence-corrected chi connectivity index (χ4v) is 0.962. The summed E-state index contributed by atoms with van der Waals surface area (Å²) in [4.78, 5) is 0. The number of benzene rings is 1. The van der Waals surface area contributed by atoms with Gasteiger partial charge in [-0.05, 0) is 34.7 Å². The molecule has 1 aromatic carbocycles. The molecule has 1 nitrogen and oxygen atoms in total. The highest BCUT2D eigenvalue weighted by Crippen LogP contribution is 2.15. The monoisotopic (exact) mass is 265 g/mol. The van der Waals surface area contributed by atoms with E-state index in [1.165, 1.54) is 0 Å². The van der Waals surface area contributed by atoms with Gasteiger partial charge in [-0.15, -0.1) is 0 Å². The summed E-state index contributed by atoms with van der Waals surface area (Å²) < 4.78 is 1.10. The number of nitrogens with zero attached hydrogens (tertiary/aromatic N) is 1. The van der Waals surface area contributed by atoms with Gasteiger partial charge < -0.3 is 0 Å². The molecule has 0 aliphatic carbocycles. The highest BCUT2D eigenvalue weighted by atomic mass is 127. The molecule has 0 saturated carbocycles. The van der Waals surface area contributed by atoms with Gasteiger partial charge in [0.1, 0.15) is 0 Å². The highest BCUT2D eigenvalue weighted by Gasteiger charge is 1.88. The number of hydrogen-bond donors (Lipinski definition) is 0. The quantitative estimate of drug-likeness (QED) is 0.661. The Morgan fingerprint density at radius 1 is 1.30 bits per heavy atom. The molecule has 1 rings (SSSR count). The third kappa shape index (κ3) is 3.04. The zero-order chi connectivity index (χ0) is 7.98. The molecule has 0 aromatic heterocycles. The molecule has 0 radical (unpaired) electrons. The molecule has 3 heteroatoms. The summed E-state index contributed by atoms with van der Waals surface area (Å²) in [6, 6.07) is 7.74. The van der Waals surface area contributed by atoms with Gasteiger partial charge in [0.05, 0.1) is 5.02 Å². The van der Waals surface area contributed by atoms with E-state index in [1.807, 2.05) is 24.3 Å². The van der Waals surface area contributed by atoms with Crippen molar-refractivity contribution >= 4 is 34.2 Å². The van der Waals surface area contributed by atoms with Gasteiger partial charge in [0.25, 0.3) is 0 Å². The Kier molecular flexibility index (Phi) is 5.36. The van der Waals surface area contributed by atoms with Gasteiger partial charge in [-0.25, -0.2) is 5.26 Å². The van der Waals surface area contributed by atoms with Crippen LogP contribution in [0.4, 0.5) is 0 Å². The highest BCUT2D eigenvalue weighted by molar-refractivity contribution is 14.1. The molecule has 10 heavy (non-hydrogen) atoms. The SMILES string of the molecule is C#N.Clc1ccccc1I. The van der Waals surface area contributed by atoms with E-state index in [0.717, 1.165) is 8.59 Å². The molecule has 1 aromatic rings. The van der Waals surface area contributed by atoms with E-state index in [9.17, 15) is 0 Å². The van der Waals surface area contributed by atoms with E-state index in [-0.39, 0.29) is 0 Å². The Hall–Kier alpha value is -0.270. The van der Waals surface area contributed by atoms with E-state index < -0.39 is 0 Å². The Bertz CT molecular complexity index is 201. The predicted octanol–water partition coefficient (Wildman–Crippen LogP) is 3.08. The van der Waals surface area contributed by atoms with E-state index >= 15 is 0 Å². The van der Waals surface area contributed by atoms with Crippen LogP contribution in [0.3, 0.4) is 0 Å². The minimum Gasteiger partial charge on any atom is -0.202 e. The molecule has 0 saturated heterocycles. The van der Waals surface area contributed by atoms with Crippen molar-refractivity contribution in [2.24, 2.45) is 0 Å².